The molecule has 1 aliphatic rings. The van der Waals surface area contributed by atoms with Crippen molar-refractivity contribution < 1.29 is 9.66 Å². The van der Waals surface area contributed by atoms with Crippen LogP contribution in [0, 0.1) is 10.1 Å². The molecule has 0 N–H and O–H groups in total. The highest BCUT2D eigenvalue weighted by molar-refractivity contribution is 5.80. The number of likely N-dealkylation sites (tertiary alicyclic amines) is 1. The summed E-state index contributed by atoms with van der Waals surface area (Å²) in [5, 5.41) is 11.4. The van der Waals surface area contributed by atoms with E-state index in [9.17, 15) is 14.9 Å². The van der Waals surface area contributed by atoms with Gasteiger partial charge in [-0.3, -0.25) is 24.4 Å². The van der Waals surface area contributed by atoms with E-state index < -0.39 is 4.92 Å². The van der Waals surface area contributed by atoms with Gasteiger partial charge in [-0.2, -0.15) is 0 Å². The molecule has 8 heteroatoms. The highest BCUT2D eigenvalue weighted by Gasteiger charge is 2.22. The zero-order valence-corrected chi connectivity index (χ0v) is 17.1. The van der Waals surface area contributed by atoms with Crippen molar-refractivity contribution in [1.29, 1.82) is 0 Å². The molecule has 0 aliphatic carbocycles. The third-order valence-electron chi connectivity index (χ3n) is 5.73. The second kappa shape index (κ2) is 8.23. The summed E-state index contributed by atoms with van der Waals surface area (Å²) < 4.78 is 6.88. The number of hydrogen-bond acceptors (Lipinski definition) is 6. The molecule has 0 unspecified atom stereocenters. The Morgan fingerprint density at radius 3 is 2.80 bits per heavy atom. The monoisotopic (exact) mass is 408 g/mol. The summed E-state index contributed by atoms with van der Waals surface area (Å²) >= 11 is 0. The first-order valence-electron chi connectivity index (χ1n) is 10.1. The number of fused-ring (bicyclic) bond motifs is 1. The molecule has 0 saturated carbocycles. The van der Waals surface area contributed by atoms with Crippen LogP contribution in [0.3, 0.4) is 0 Å². The summed E-state index contributed by atoms with van der Waals surface area (Å²) in [7, 11) is 1.57. The molecule has 0 bridgehead atoms. The third-order valence-corrected chi connectivity index (χ3v) is 5.73. The van der Waals surface area contributed by atoms with E-state index in [-0.39, 0.29) is 16.6 Å². The fraction of sp³-hybridized carbons (Fsp3) is 0.364. The second-order valence-corrected chi connectivity index (χ2v) is 7.64. The molecule has 0 spiro atoms. The molecule has 156 valence electrons. The van der Waals surface area contributed by atoms with E-state index in [0.717, 1.165) is 19.4 Å². The second-order valence-electron chi connectivity index (χ2n) is 7.64. The van der Waals surface area contributed by atoms with E-state index in [1.54, 1.807) is 29.9 Å². The molecule has 2 aromatic carbocycles. The maximum atomic E-state index is 13.5. The molecule has 0 amide bonds. The van der Waals surface area contributed by atoms with Crippen LogP contribution in [0.15, 0.2) is 47.3 Å². The molecule has 0 radical (unpaired) electrons. The van der Waals surface area contributed by atoms with E-state index in [1.807, 2.05) is 12.1 Å². The first-order valence-corrected chi connectivity index (χ1v) is 10.1. The lowest BCUT2D eigenvalue weighted by molar-refractivity contribution is -0.384. The summed E-state index contributed by atoms with van der Waals surface area (Å²) in [4.78, 5) is 31.3. The number of hydrogen-bond donors (Lipinski definition) is 0. The third kappa shape index (κ3) is 3.78. The normalized spacial score (nSPS) is 17.2. The minimum absolute atomic E-state index is 0.129. The number of nitrogens with zero attached hydrogens (tertiary/aromatic N) is 4. The highest BCUT2D eigenvalue weighted by atomic mass is 16.6. The van der Waals surface area contributed by atoms with E-state index in [1.165, 1.54) is 18.6 Å². The number of piperidine rings is 1. The maximum absolute atomic E-state index is 13.5. The quantitative estimate of drug-likeness (QED) is 0.473. The van der Waals surface area contributed by atoms with Gasteiger partial charge in [0.15, 0.2) is 0 Å². The first-order chi connectivity index (χ1) is 14.5. The molecule has 1 fully saturated rings. The summed E-state index contributed by atoms with van der Waals surface area (Å²) in [5.74, 6) is 1.24. The Bertz CT molecular complexity index is 1160. The van der Waals surface area contributed by atoms with Crippen LogP contribution in [0.25, 0.3) is 16.6 Å². The van der Waals surface area contributed by atoms with Crippen molar-refractivity contribution in [2.24, 2.45) is 0 Å². The van der Waals surface area contributed by atoms with E-state index in [0.29, 0.717) is 35.4 Å². The lowest BCUT2D eigenvalue weighted by atomic mass is 10.0. The Morgan fingerprint density at radius 1 is 1.23 bits per heavy atom. The van der Waals surface area contributed by atoms with Gasteiger partial charge in [0.1, 0.15) is 11.6 Å². The molecular formula is C22H24N4O4. The molecule has 1 atom stereocenters. The molecule has 1 saturated heterocycles. The SMILES string of the molecule is COc1cccc(-n2c(CN3CCCC[C@@H]3C)nc3ccc([N+](=O)[O-])cc3c2=O)c1. The van der Waals surface area contributed by atoms with Crippen LogP contribution in [0.4, 0.5) is 5.69 Å². The fourth-order valence-corrected chi connectivity index (χ4v) is 4.03. The number of rotatable bonds is 5. The largest absolute Gasteiger partial charge is 0.497 e. The van der Waals surface area contributed by atoms with Gasteiger partial charge in [0.05, 0.1) is 35.2 Å². The van der Waals surface area contributed by atoms with Gasteiger partial charge >= 0.3 is 0 Å². The van der Waals surface area contributed by atoms with Crippen LogP contribution >= 0.6 is 0 Å². The summed E-state index contributed by atoms with van der Waals surface area (Å²) in [6.07, 6.45) is 3.44. The van der Waals surface area contributed by atoms with Crippen molar-refractivity contribution in [3.63, 3.8) is 0 Å². The van der Waals surface area contributed by atoms with Crippen LogP contribution in [0.2, 0.25) is 0 Å². The number of ether oxygens (including phenoxy) is 1. The van der Waals surface area contributed by atoms with Gasteiger partial charge in [-0.1, -0.05) is 12.5 Å². The van der Waals surface area contributed by atoms with Crippen molar-refractivity contribution >= 4 is 16.6 Å². The van der Waals surface area contributed by atoms with Gasteiger partial charge in [0, 0.05) is 24.2 Å². The lowest BCUT2D eigenvalue weighted by Crippen LogP contribution is -2.39. The van der Waals surface area contributed by atoms with E-state index >= 15 is 0 Å². The van der Waals surface area contributed by atoms with Crippen LogP contribution in [-0.4, -0.2) is 39.1 Å². The predicted octanol–water partition coefficient (Wildman–Crippen LogP) is 3.68. The molecule has 1 aromatic heterocycles. The zero-order chi connectivity index (χ0) is 21.3. The maximum Gasteiger partial charge on any atom is 0.270 e. The van der Waals surface area contributed by atoms with Gasteiger partial charge < -0.3 is 4.74 Å². The molecule has 1 aliphatic heterocycles. The van der Waals surface area contributed by atoms with Crippen molar-refractivity contribution in [3.8, 4) is 11.4 Å². The van der Waals surface area contributed by atoms with Crippen molar-refractivity contribution in [2.45, 2.75) is 38.8 Å². The number of non-ortho nitro benzene ring substituents is 1. The predicted molar refractivity (Wildman–Crippen MR) is 114 cm³/mol. The highest BCUT2D eigenvalue weighted by Crippen LogP contribution is 2.23. The van der Waals surface area contributed by atoms with Crippen LogP contribution < -0.4 is 10.3 Å². The summed E-state index contributed by atoms with van der Waals surface area (Å²) in [5.41, 5.74) is 0.636. The van der Waals surface area contributed by atoms with Gasteiger partial charge in [-0.25, -0.2) is 4.98 Å². The van der Waals surface area contributed by atoms with Gasteiger partial charge in [0.2, 0.25) is 0 Å². The standard InChI is InChI=1S/C22H24N4O4/c1-15-6-3-4-11-24(15)14-21-23-20-10-9-17(26(28)29)13-19(20)22(27)25(21)16-7-5-8-18(12-16)30-2/h5,7-10,12-13,15H,3-4,6,11,14H2,1-2H3/t15-/m0/s1. The first kappa shape index (κ1) is 20.0. The Hall–Kier alpha value is -3.26. The average Bonchev–Trinajstić information content (AvgIpc) is 2.75. The minimum atomic E-state index is -0.502. The Morgan fingerprint density at radius 2 is 2.07 bits per heavy atom. The summed E-state index contributed by atoms with van der Waals surface area (Å²) in [6.45, 7) is 3.67. The molecule has 4 rings (SSSR count). The zero-order valence-electron chi connectivity index (χ0n) is 17.1. The Balaban J connectivity index is 1.92. The molecule has 2 heterocycles. The molecule has 30 heavy (non-hydrogen) atoms. The van der Waals surface area contributed by atoms with Crippen LogP contribution in [-0.2, 0) is 6.54 Å². The number of nitro benzene ring substituents is 1. The van der Waals surface area contributed by atoms with Crippen molar-refractivity contribution in [3.05, 3.63) is 68.8 Å². The smallest absolute Gasteiger partial charge is 0.270 e. The number of nitro groups is 1. The van der Waals surface area contributed by atoms with Gasteiger partial charge in [-0.05, 0) is 44.5 Å². The van der Waals surface area contributed by atoms with Crippen molar-refractivity contribution in [2.75, 3.05) is 13.7 Å². The van der Waals surface area contributed by atoms with E-state index in [4.69, 9.17) is 9.72 Å². The minimum Gasteiger partial charge on any atom is -0.497 e. The lowest BCUT2D eigenvalue weighted by Gasteiger charge is -2.33. The molecule has 3 aromatic rings. The number of benzene rings is 2. The Kier molecular flexibility index (Phi) is 5.50. The number of aromatic nitrogens is 2. The van der Waals surface area contributed by atoms with Crippen LogP contribution in [0.5, 0.6) is 5.75 Å². The van der Waals surface area contributed by atoms with Crippen LogP contribution in [0.1, 0.15) is 32.0 Å². The molecular weight excluding hydrogens is 384 g/mol. The fourth-order valence-electron chi connectivity index (χ4n) is 4.03. The van der Waals surface area contributed by atoms with E-state index in [2.05, 4.69) is 11.8 Å². The Labute approximate surface area is 173 Å². The summed E-state index contributed by atoms with van der Waals surface area (Å²) in [6, 6.07) is 11.8. The van der Waals surface area contributed by atoms with Crippen molar-refractivity contribution in [1.82, 2.24) is 14.5 Å². The number of methoxy groups -OCH3 is 1. The topological polar surface area (TPSA) is 90.5 Å². The van der Waals surface area contributed by atoms with Gasteiger partial charge in [-0.15, -0.1) is 0 Å². The molecule has 8 nitrogen and oxygen atoms in total. The average molecular weight is 408 g/mol. The van der Waals surface area contributed by atoms with Gasteiger partial charge in [0.25, 0.3) is 11.2 Å².